The first-order valence-electron chi connectivity index (χ1n) is 7.38. The van der Waals surface area contributed by atoms with Gasteiger partial charge in [-0.15, -0.1) is 10.2 Å². The van der Waals surface area contributed by atoms with Gasteiger partial charge < -0.3 is 18.3 Å². The molecule has 8 heteroatoms. The van der Waals surface area contributed by atoms with E-state index in [1.54, 1.807) is 37.6 Å². The molecular formula is C17H16N2O5S. The summed E-state index contributed by atoms with van der Waals surface area (Å²) in [6.45, 7) is 1.81. The fourth-order valence-corrected chi connectivity index (χ4v) is 2.86. The van der Waals surface area contributed by atoms with Crippen molar-refractivity contribution in [2.24, 2.45) is 0 Å². The molecule has 0 atom stereocenters. The van der Waals surface area contributed by atoms with Crippen molar-refractivity contribution in [1.82, 2.24) is 10.2 Å². The molecule has 0 fully saturated rings. The van der Waals surface area contributed by atoms with E-state index in [0.717, 1.165) is 5.56 Å². The number of carbonyl (C=O) groups is 1. The lowest BCUT2D eigenvalue weighted by Crippen LogP contribution is -2.05. The number of rotatable bonds is 7. The molecule has 0 radical (unpaired) electrons. The first-order valence-corrected chi connectivity index (χ1v) is 8.37. The topological polar surface area (TPSA) is 87.6 Å². The lowest BCUT2D eigenvalue weighted by atomic mass is 10.1. The van der Waals surface area contributed by atoms with Crippen LogP contribution in [0.5, 0.6) is 11.5 Å². The Hall–Kier alpha value is -2.74. The largest absolute Gasteiger partial charge is 0.497 e. The Labute approximate surface area is 148 Å². The maximum absolute atomic E-state index is 12.4. The number of ketones is 1. The van der Waals surface area contributed by atoms with E-state index in [1.165, 1.54) is 18.9 Å². The molecule has 2 heterocycles. The van der Waals surface area contributed by atoms with Crippen LogP contribution < -0.4 is 9.47 Å². The number of benzene rings is 1. The summed E-state index contributed by atoms with van der Waals surface area (Å²) in [5, 5.41) is 8.24. The Morgan fingerprint density at radius 2 is 2.04 bits per heavy atom. The quantitative estimate of drug-likeness (QED) is 0.466. The van der Waals surface area contributed by atoms with Crippen molar-refractivity contribution in [2.75, 3.05) is 20.0 Å². The zero-order chi connectivity index (χ0) is 17.8. The van der Waals surface area contributed by atoms with Gasteiger partial charge in [0.2, 0.25) is 0 Å². The third-order valence-electron chi connectivity index (χ3n) is 3.53. The predicted octanol–water partition coefficient (Wildman–Crippen LogP) is 3.63. The van der Waals surface area contributed by atoms with Crippen LogP contribution in [-0.2, 0) is 0 Å². The lowest BCUT2D eigenvalue weighted by Gasteiger charge is -2.08. The highest BCUT2D eigenvalue weighted by molar-refractivity contribution is 7.99. The summed E-state index contributed by atoms with van der Waals surface area (Å²) in [5.74, 6) is 2.18. The Bertz CT molecular complexity index is 887. The first-order chi connectivity index (χ1) is 12.1. The third-order valence-corrected chi connectivity index (χ3v) is 4.35. The van der Waals surface area contributed by atoms with E-state index in [1.807, 2.05) is 6.92 Å². The number of methoxy groups -OCH3 is 2. The minimum atomic E-state index is -0.108. The standard InChI is InChI=1S/C17H16N2O5S/c1-10-12(6-7-23-10)16-18-19-17(24-16)25-9-14(20)13-5-4-11(21-2)8-15(13)22-3/h4-8H,9H2,1-3H3. The van der Waals surface area contributed by atoms with Crippen LogP contribution in [0, 0.1) is 6.92 Å². The van der Waals surface area contributed by atoms with Gasteiger partial charge in [-0.3, -0.25) is 4.79 Å². The summed E-state index contributed by atoms with van der Waals surface area (Å²) < 4.78 is 21.2. The predicted molar refractivity (Wildman–Crippen MR) is 91.3 cm³/mol. The summed E-state index contributed by atoms with van der Waals surface area (Å²) in [6, 6.07) is 6.82. The Balaban J connectivity index is 1.69. The second-order valence-corrected chi connectivity index (χ2v) is 5.97. The highest BCUT2D eigenvalue weighted by atomic mass is 32.2. The van der Waals surface area contributed by atoms with Crippen molar-refractivity contribution in [3.8, 4) is 23.0 Å². The second kappa shape index (κ2) is 7.43. The van der Waals surface area contributed by atoms with Crippen molar-refractivity contribution >= 4 is 17.5 Å². The van der Waals surface area contributed by atoms with E-state index < -0.39 is 0 Å². The lowest BCUT2D eigenvalue weighted by molar-refractivity contribution is 0.101. The van der Waals surface area contributed by atoms with E-state index in [-0.39, 0.29) is 11.5 Å². The van der Waals surface area contributed by atoms with E-state index in [0.29, 0.717) is 33.9 Å². The molecule has 0 aliphatic rings. The van der Waals surface area contributed by atoms with E-state index in [2.05, 4.69) is 10.2 Å². The number of thioether (sulfide) groups is 1. The normalized spacial score (nSPS) is 10.7. The first kappa shape index (κ1) is 17.1. The SMILES string of the molecule is COc1ccc(C(=O)CSc2nnc(-c3ccoc3C)o2)c(OC)c1. The van der Waals surface area contributed by atoms with Gasteiger partial charge in [0.15, 0.2) is 5.78 Å². The van der Waals surface area contributed by atoms with Crippen molar-refractivity contribution in [2.45, 2.75) is 12.1 Å². The molecule has 7 nitrogen and oxygen atoms in total. The van der Waals surface area contributed by atoms with Crippen LogP contribution in [0.2, 0.25) is 0 Å². The van der Waals surface area contributed by atoms with Crippen LogP contribution in [0.1, 0.15) is 16.1 Å². The summed E-state index contributed by atoms with van der Waals surface area (Å²) >= 11 is 1.17. The number of aromatic nitrogens is 2. The van der Waals surface area contributed by atoms with Gasteiger partial charge in [0.1, 0.15) is 17.3 Å². The van der Waals surface area contributed by atoms with E-state index in [4.69, 9.17) is 18.3 Å². The highest BCUT2D eigenvalue weighted by Crippen LogP contribution is 2.29. The van der Waals surface area contributed by atoms with E-state index >= 15 is 0 Å². The van der Waals surface area contributed by atoms with Gasteiger partial charge in [-0.2, -0.15) is 0 Å². The molecule has 0 aliphatic heterocycles. The van der Waals surface area contributed by atoms with Crippen molar-refractivity contribution in [3.05, 3.63) is 41.9 Å². The van der Waals surface area contributed by atoms with Gasteiger partial charge >= 0.3 is 0 Å². The zero-order valence-electron chi connectivity index (χ0n) is 13.9. The van der Waals surface area contributed by atoms with Crippen LogP contribution in [-0.4, -0.2) is 36.0 Å². The van der Waals surface area contributed by atoms with Gasteiger partial charge in [-0.05, 0) is 25.1 Å². The molecule has 3 rings (SSSR count). The molecule has 0 saturated heterocycles. The molecule has 0 spiro atoms. The third kappa shape index (κ3) is 3.69. The summed E-state index contributed by atoms with van der Waals surface area (Å²) in [7, 11) is 3.07. The summed E-state index contributed by atoms with van der Waals surface area (Å²) in [5.41, 5.74) is 1.21. The summed E-state index contributed by atoms with van der Waals surface area (Å²) in [6.07, 6.45) is 1.56. The van der Waals surface area contributed by atoms with Gasteiger partial charge in [0, 0.05) is 6.07 Å². The molecule has 0 amide bonds. The maximum Gasteiger partial charge on any atom is 0.277 e. The molecule has 25 heavy (non-hydrogen) atoms. The van der Waals surface area contributed by atoms with Crippen LogP contribution in [0.25, 0.3) is 11.5 Å². The average Bonchev–Trinajstić information content (AvgIpc) is 3.27. The van der Waals surface area contributed by atoms with Crippen LogP contribution in [0.15, 0.2) is 44.6 Å². The monoisotopic (exact) mass is 360 g/mol. The molecular weight excluding hydrogens is 344 g/mol. The van der Waals surface area contributed by atoms with Crippen molar-refractivity contribution in [3.63, 3.8) is 0 Å². The number of carbonyl (C=O) groups excluding carboxylic acids is 1. The molecule has 0 unspecified atom stereocenters. The highest BCUT2D eigenvalue weighted by Gasteiger charge is 2.17. The van der Waals surface area contributed by atoms with Crippen LogP contribution >= 0.6 is 11.8 Å². The fourth-order valence-electron chi connectivity index (χ4n) is 2.22. The fraction of sp³-hybridized carbons (Fsp3) is 0.235. The molecule has 1 aromatic carbocycles. The number of furan rings is 1. The average molecular weight is 360 g/mol. The van der Waals surface area contributed by atoms with Crippen molar-refractivity contribution < 1.29 is 23.1 Å². The Morgan fingerprint density at radius 1 is 1.20 bits per heavy atom. The molecule has 0 saturated carbocycles. The molecule has 2 aromatic heterocycles. The smallest absolute Gasteiger partial charge is 0.277 e. The number of Topliss-reactive ketones (excluding diaryl/α,β-unsaturated/α-hetero) is 1. The van der Waals surface area contributed by atoms with Gasteiger partial charge in [0.25, 0.3) is 11.1 Å². The Morgan fingerprint density at radius 3 is 2.72 bits per heavy atom. The maximum atomic E-state index is 12.4. The zero-order valence-corrected chi connectivity index (χ0v) is 14.8. The number of aryl methyl sites for hydroxylation is 1. The van der Waals surface area contributed by atoms with Gasteiger partial charge in [0.05, 0.1) is 37.4 Å². The minimum Gasteiger partial charge on any atom is -0.497 e. The molecule has 0 N–H and O–H groups in total. The Kier molecular flexibility index (Phi) is 5.08. The van der Waals surface area contributed by atoms with Gasteiger partial charge in [-0.25, -0.2) is 0 Å². The second-order valence-electron chi connectivity index (χ2n) is 5.04. The van der Waals surface area contributed by atoms with Crippen LogP contribution in [0.3, 0.4) is 0 Å². The van der Waals surface area contributed by atoms with E-state index in [9.17, 15) is 4.79 Å². The summed E-state index contributed by atoms with van der Waals surface area (Å²) in [4.78, 5) is 12.4. The van der Waals surface area contributed by atoms with Crippen LogP contribution in [0.4, 0.5) is 0 Å². The molecule has 130 valence electrons. The number of nitrogens with zero attached hydrogens (tertiary/aromatic N) is 2. The number of hydrogen-bond acceptors (Lipinski definition) is 8. The molecule has 3 aromatic rings. The minimum absolute atomic E-state index is 0.108. The number of hydrogen-bond donors (Lipinski definition) is 0. The van der Waals surface area contributed by atoms with Crippen molar-refractivity contribution in [1.29, 1.82) is 0 Å². The number of ether oxygens (including phenoxy) is 2. The molecule has 0 bridgehead atoms. The molecule has 0 aliphatic carbocycles. The van der Waals surface area contributed by atoms with Gasteiger partial charge in [-0.1, -0.05) is 11.8 Å².